The number of fused-ring (bicyclic) bond motifs is 4. The van der Waals surface area contributed by atoms with E-state index in [0.717, 1.165) is 32.2 Å². The molecule has 3 aliphatic carbocycles. The Balaban J connectivity index is 1.70. The predicted octanol–water partition coefficient (Wildman–Crippen LogP) is 4.20. The number of ketones is 1. The van der Waals surface area contributed by atoms with Crippen molar-refractivity contribution < 1.29 is 9.59 Å². The van der Waals surface area contributed by atoms with Gasteiger partial charge >= 0.3 is 0 Å². The number of likely N-dealkylation sites (tertiary alicyclic amines) is 1. The standard InChI is InChI=1S/C21H33NO2/c1-17(2)9-14-10-19(5,12-17)13-22(14)16(24)21-8-7-20(6,15(23)11-21)18(21,3)4/h14H,7-13H2,1-6H3/t14-,19-,20+,21-/m0/s1. The van der Waals surface area contributed by atoms with Gasteiger partial charge in [0.05, 0.1) is 5.41 Å². The molecule has 134 valence electrons. The molecule has 3 saturated carbocycles. The van der Waals surface area contributed by atoms with E-state index in [4.69, 9.17) is 0 Å². The number of amides is 1. The molecular weight excluding hydrogens is 298 g/mol. The van der Waals surface area contributed by atoms with Crippen LogP contribution in [0, 0.1) is 27.1 Å². The van der Waals surface area contributed by atoms with Crippen molar-refractivity contribution in [1.29, 1.82) is 0 Å². The van der Waals surface area contributed by atoms with Crippen molar-refractivity contribution in [3.63, 3.8) is 0 Å². The second-order valence-corrected chi connectivity index (χ2v) is 11.3. The smallest absolute Gasteiger partial charge is 0.230 e. The first-order valence-corrected chi connectivity index (χ1v) is 9.70. The molecule has 0 aromatic carbocycles. The summed E-state index contributed by atoms with van der Waals surface area (Å²) < 4.78 is 0. The van der Waals surface area contributed by atoms with Gasteiger partial charge in [-0.25, -0.2) is 0 Å². The second kappa shape index (κ2) is 4.27. The molecule has 1 amide bonds. The van der Waals surface area contributed by atoms with E-state index < -0.39 is 5.41 Å². The summed E-state index contributed by atoms with van der Waals surface area (Å²) >= 11 is 0. The van der Waals surface area contributed by atoms with Crippen LogP contribution in [0.1, 0.15) is 80.1 Å². The quantitative estimate of drug-likeness (QED) is 0.722. The van der Waals surface area contributed by atoms with Gasteiger partial charge in [0, 0.05) is 24.4 Å². The Kier molecular flexibility index (Phi) is 2.95. The third-order valence-electron chi connectivity index (χ3n) is 8.79. The number of Topliss-reactive ketones (excluding diaryl/α,β-unsaturated/α-hetero) is 1. The molecule has 4 rings (SSSR count). The van der Waals surface area contributed by atoms with Crippen molar-refractivity contribution in [3.05, 3.63) is 0 Å². The third-order valence-corrected chi connectivity index (χ3v) is 8.79. The van der Waals surface area contributed by atoms with Crippen LogP contribution in [0.2, 0.25) is 0 Å². The molecule has 0 aromatic heterocycles. The van der Waals surface area contributed by atoms with E-state index in [1.54, 1.807) is 0 Å². The van der Waals surface area contributed by atoms with Crippen molar-refractivity contribution in [2.45, 2.75) is 86.1 Å². The topological polar surface area (TPSA) is 37.4 Å². The maximum Gasteiger partial charge on any atom is 0.230 e. The van der Waals surface area contributed by atoms with Gasteiger partial charge in [-0.2, -0.15) is 0 Å². The Hall–Kier alpha value is -0.860. The summed E-state index contributed by atoms with van der Waals surface area (Å²) in [6.45, 7) is 14.4. The number of carbonyl (C=O) groups is 2. The molecule has 3 heteroatoms. The van der Waals surface area contributed by atoms with Crippen LogP contribution in [-0.4, -0.2) is 29.2 Å². The van der Waals surface area contributed by atoms with Crippen molar-refractivity contribution in [3.8, 4) is 0 Å². The molecule has 24 heavy (non-hydrogen) atoms. The van der Waals surface area contributed by atoms with E-state index in [-0.39, 0.29) is 16.2 Å². The van der Waals surface area contributed by atoms with E-state index >= 15 is 0 Å². The molecule has 0 radical (unpaired) electrons. The molecule has 0 unspecified atom stereocenters. The molecule has 4 aliphatic rings. The lowest BCUT2D eigenvalue weighted by atomic mass is 9.64. The zero-order valence-corrected chi connectivity index (χ0v) is 16.3. The van der Waals surface area contributed by atoms with Crippen molar-refractivity contribution >= 4 is 11.7 Å². The fraction of sp³-hybridized carbons (Fsp3) is 0.905. The molecule has 4 bridgehead atoms. The largest absolute Gasteiger partial charge is 0.339 e. The lowest BCUT2D eigenvalue weighted by molar-refractivity contribution is -0.149. The van der Waals surface area contributed by atoms with Crippen LogP contribution < -0.4 is 0 Å². The van der Waals surface area contributed by atoms with Gasteiger partial charge in [0.1, 0.15) is 5.78 Å². The van der Waals surface area contributed by atoms with Gasteiger partial charge in [0.25, 0.3) is 0 Å². The lowest BCUT2D eigenvalue weighted by Gasteiger charge is -2.43. The minimum Gasteiger partial charge on any atom is -0.339 e. The Morgan fingerprint density at radius 2 is 1.71 bits per heavy atom. The monoisotopic (exact) mass is 331 g/mol. The van der Waals surface area contributed by atoms with Gasteiger partial charge in [-0.1, -0.05) is 41.5 Å². The van der Waals surface area contributed by atoms with Gasteiger partial charge in [-0.15, -0.1) is 0 Å². The number of hydrogen-bond acceptors (Lipinski definition) is 2. The zero-order chi connectivity index (χ0) is 17.8. The SMILES string of the molecule is CC1(C)C[C@H]2C[C@](C)(CN2C(=O)[C@]23CC[C@](C)(C(=O)C2)C3(C)C)C1. The normalized spacial score (nSPS) is 48.2. The lowest BCUT2D eigenvalue weighted by Crippen LogP contribution is -2.50. The van der Waals surface area contributed by atoms with E-state index in [0.29, 0.717) is 29.6 Å². The summed E-state index contributed by atoms with van der Waals surface area (Å²) in [7, 11) is 0. The predicted molar refractivity (Wildman–Crippen MR) is 94.4 cm³/mol. The maximum absolute atomic E-state index is 13.8. The van der Waals surface area contributed by atoms with Crippen molar-refractivity contribution in [1.82, 2.24) is 4.90 Å². The third kappa shape index (κ3) is 1.74. The molecule has 1 aliphatic heterocycles. The molecule has 3 nitrogen and oxygen atoms in total. The van der Waals surface area contributed by atoms with Crippen LogP contribution in [0.4, 0.5) is 0 Å². The molecule has 4 fully saturated rings. The van der Waals surface area contributed by atoms with Crippen LogP contribution in [0.15, 0.2) is 0 Å². The van der Waals surface area contributed by atoms with E-state index in [1.807, 2.05) is 0 Å². The summed E-state index contributed by atoms with van der Waals surface area (Å²) in [4.78, 5) is 28.7. The summed E-state index contributed by atoms with van der Waals surface area (Å²) in [6, 6.07) is 0.374. The Labute approximate surface area is 146 Å². The summed E-state index contributed by atoms with van der Waals surface area (Å²) in [5, 5.41) is 0. The summed E-state index contributed by atoms with van der Waals surface area (Å²) in [5.74, 6) is 0.620. The second-order valence-electron chi connectivity index (χ2n) is 11.3. The van der Waals surface area contributed by atoms with Crippen LogP contribution >= 0.6 is 0 Å². The molecule has 0 aromatic rings. The van der Waals surface area contributed by atoms with Gasteiger partial charge in [-0.3, -0.25) is 9.59 Å². The Morgan fingerprint density at radius 1 is 1.04 bits per heavy atom. The fourth-order valence-electron chi connectivity index (χ4n) is 7.31. The van der Waals surface area contributed by atoms with Crippen LogP contribution in [-0.2, 0) is 9.59 Å². The Bertz CT molecular complexity index is 636. The number of hydrogen-bond donors (Lipinski definition) is 0. The minimum absolute atomic E-state index is 0.221. The molecular formula is C21H33NO2. The highest BCUT2D eigenvalue weighted by Crippen LogP contribution is 2.71. The van der Waals surface area contributed by atoms with E-state index in [2.05, 4.69) is 46.4 Å². The number of carbonyl (C=O) groups excluding carboxylic acids is 2. The highest BCUT2D eigenvalue weighted by molar-refractivity contribution is 5.99. The van der Waals surface area contributed by atoms with Gasteiger partial charge in [-0.05, 0) is 48.3 Å². The average molecular weight is 332 g/mol. The summed E-state index contributed by atoms with van der Waals surface area (Å²) in [5.41, 5.74) is -0.401. The van der Waals surface area contributed by atoms with Gasteiger partial charge < -0.3 is 4.90 Å². The number of nitrogens with zero attached hydrogens (tertiary/aromatic N) is 1. The number of rotatable bonds is 1. The average Bonchev–Trinajstić information content (AvgIpc) is 2.86. The van der Waals surface area contributed by atoms with Crippen LogP contribution in [0.5, 0.6) is 0 Å². The fourth-order valence-corrected chi connectivity index (χ4v) is 7.31. The van der Waals surface area contributed by atoms with Gasteiger partial charge in [0.15, 0.2) is 0 Å². The van der Waals surface area contributed by atoms with E-state index in [1.165, 1.54) is 6.42 Å². The van der Waals surface area contributed by atoms with Crippen molar-refractivity contribution in [2.75, 3.05) is 6.54 Å². The van der Waals surface area contributed by atoms with Gasteiger partial charge in [0.2, 0.25) is 5.91 Å². The maximum atomic E-state index is 13.8. The highest BCUT2D eigenvalue weighted by Gasteiger charge is 2.73. The van der Waals surface area contributed by atoms with E-state index in [9.17, 15) is 9.59 Å². The highest BCUT2D eigenvalue weighted by atomic mass is 16.2. The van der Waals surface area contributed by atoms with Crippen molar-refractivity contribution in [2.24, 2.45) is 27.1 Å². The molecule has 0 spiro atoms. The summed E-state index contributed by atoms with van der Waals surface area (Å²) in [6.07, 6.45) is 5.70. The first-order valence-electron chi connectivity index (χ1n) is 9.70. The zero-order valence-electron chi connectivity index (χ0n) is 16.3. The first-order chi connectivity index (χ1) is 10.9. The van der Waals surface area contributed by atoms with Crippen LogP contribution in [0.25, 0.3) is 0 Å². The van der Waals surface area contributed by atoms with Crippen LogP contribution in [0.3, 0.4) is 0 Å². The molecule has 4 atom stereocenters. The molecule has 1 heterocycles. The Morgan fingerprint density at radius 3 is 2.25 bits per heavy atom. The molecule has 1 saturated heterocycles. The molecule has 0 N–H and O–H groups in total. The minimum atomic E-state index is -0.448. The first kappa shape index (κ1) is 16.6.